The van der Waals surface area contributed by atoms with Crippen molar-refractivity contribution in [2.75, 3.05) is 32.8 Å². The molecule has 0 radical (unpaired) electrons. The van der Waals surface area contributed by atoms with Gasteiger partial charge in [-0.05, 0) is 6.42 Å². The predicted octanol–water partition coefficient (Wildman–Crippen LogP) is 1.51. The van der Waals surface area contributed by atoms with Crippen molar-refractivity contribution in [2.24, 2.45) is 11.8 Å². The van der Waals surface area contributed by atoms with Gasteiger partial charge in [-0.2, -0.15) is 0 Å². The van der Waals surface area contributed by atoms with Crippen molar-refractivity contribution in [3.8, 4) is 11.8 Å². The lowest BCUT2D eigenvalue weighted by molar-refractivity contribution is -0.125. The van der Waals surface area contributed by atoms with Crippen LogP contribution in [0.5, 0.6) is 0 Å². The largest absolute Gasteiger partial charge is 0.374 e. The van der Waals surface area contributed by atoms with Crippen molar-refractivity contribution in [3.63, 3.8) is 0 Å². The monoisotopic (exact) mass is 280 g/mol. The van der Waals surface area contributed by atoms with Crippen molar-refractivity contribution in [1.82, 2.24) is 10.2 Å². The van der Waals surface area contributed by atoms with Gasteiger partial charge < -0.3 is 10.1 Å². The molecule has 1 N–H and O–H groups in total. The van der Waals surface area contributed by atoms with E-state index in [0.29, 0.717) is 19.1 Å². The fourth-order valence-corrected chi connectivity index (χ4v) is 1.90. The summed E-state index contributed by atoms with van der Waals surface area (Å²) in [5.74, 6) is 7.08. The first-order valence-corrected chi connectivity index (χ1v) is 7.63. The Labute approximate surface area is 123 Å². The third-order valence-corrected chi connectivity index (χ3v) is 3.51. The zero-order chi connectivity index (χ0) is 15.0. The van der Waals surface area contributed by atoms with Crippen molar-refractivity contribution in [1.29, 1.82) is 0 Å². The minimum absolute atomic E-state index is 0.0242. The summed E-state index contributed by atoms with van der Waals surface area (Å²) in [5, 5.41) is 2.93. The van der Waals surface area contributed by atoms with E-state index in [1.165, 1.54) is 0 Å². The summed E-state index contributed by atoms with van der Waals surface area (Å²) in [6.45, 7) is 12.0. The maximum atomic E-state index is 11.5. The molecule has 1 unspecified atom stereocenters. The van der Waals surface area contributed by atoms with Crippen LogP contribution < -0.4 is 5.32 Å². The van der Waals surface area contributed by atoms with Crippen LogP contribution in [0.2, 0.25) is 0 Å². The van der Waals surface area contributed by atoms with Crippen molar-refractivity contribution >= 4 is 5.91 Å². The lowest BCUT2D eigenvalue weighted by Gasteiger charge is -2.31. The molecule has 0 spiro atoms. The molecule has 0 aromatic heterocycles. The Morgan fingerprint density at radius 1 is 1.45 bits per heavy atom. The van der Waals surface area contributed by atoms with Crippen LogP contribution in [0.1, 0.15) is 34.1 Å². The van der Waals surface area contributed by atoms with Gasteiger partial charge in [0.15, 0.2) is 0 Å². The molecule has 1 aliphatic heterocycles. The van der Waals surface area contributed by atoms with Gasteiger partial charge in [-0.3, -0.25) is 9.69 Å². The summed E-state index contributed by atoms with van der Waals surface area (Å²) in [7, 11) is 0. The Morgan fingerprint density at radius 2 is 2.20 bits per heavy atom. The highest BCUT2D eigenvalue weighted by molar-refractivity contribution is 5.77. The van der Waals surface area contributed by atoms with Crippen LogP contribution in [0.25, 0.3) is 0 Å². The number of amides is 1. The van der Waals surface area contributed by atoms with Crippen LogP contribution in [0.3, 0.4) is 0 Å². The summed E-state index contributed by atoms with van der Waals surface area (Å²) in [5.41, 5.74) is 0. The first-order chi connectivity index (χ1) is 9.52. The number of morpholine rings is 1. The summed E-state index contributed by atoms with van der Waals surface area (Å²) < 4.78 is 5.68. The minimum atomic E-state index is 0.0242. The summed E-state index contributed by atoms with van der Waals surface area (Å²) in [6.07, 6.45) is 1.18. The number of carbonyl (C=O) groups excluding carboxylic acids is 1. The van der Waals surface area contributed by atoms with Gasteiger partial charge in [-0.25, -0.2) is 0 Å². The minimum Gasteiger partial charge on any atom is -0.374 e. The van der Waals surface area contributed by atoms with Gasteiger partial charge in [0.05, 0.1) is 19.3 Å². The standard InChI is InChI=1S/C16H28N2O2/c1-5-14(4)7-6-8-18-9-10-20-15(12-18)11-17-16(19)13(2)3/h13-15H,5,8-12H2,1-4H3,(H,17,19)/t14?,15-/m1/s1. The number of carbonyl (C=O) groups is 1. The Balaban J connectivity index is 2.31. The topological polar surface area (TPSA) is 41.6 Å². The van der Waals surface area contributed by atoms with Crippen LogP contribution in [0.4, 0.5) is 0 Å². The molecule has 0 saturated carbocycles. The van der Waals surface area contributed by atoms with E-state index >= 15 is 0 Å². The van der Waals surface area contributed by atoms with Gasteiger partial charge in [-0.1, -0.05) is 39.5 Å². The van der Waals surface area contributed by atoms with Crippen LogP contribution in [0.15, 0.2) is 0 Å². The summed E-state index contributed by atoms with van der Waals surface area (Å²) in [6, 6.07) is 0. The fraction of sp³-hybridized carbons (Fsp3) is 0.812. The quantitative estimate of drug-likeness (QED) is 0.776. The molecule has 1 saturated heterocycles. The number of nitrogens with one attached hydrogen (secondary N) is 1. The van der Waals surface area contributed by atoms with E-state index in [4.69, 9.17) is 4.74 Å². The lowest BCUT2D eigenvalue weighted by Crippen LogP contribution is -2.48. The van der Waals surface area contributed by atoms with E-state index < -0.39 is 0 Å². The zero-order valence-electron chi connectivity index (χ0n) is 13.2. The van der Waals surface area contributed by atoms with Gasteiger partial charge in [0.1, 0.15) is 0 Å². The molecule has 1 aliphatic rings. The van der Waals surface area contributed by atoms with Gasteiger partial charge in [0, 0.05) is 31.5 Å². The van der Waals surface area contributed by atoms with E-state index in [2.05, 4.69) is 35.9 Å². The van der Waals surface area contributed by atoms with Gasteiger partial charge in [0.2, 0.25) is 5.91 Å². The molecule has 4 nitrogen and oxygen atoms in total. The lowest BCUT2D eigenvalue weighted by atomic mass is 10.1. The van der Waals surface area contributed by atoms with E-state index in [-0.39, 0.29) is 17.9 Å². The Morgan fingerprint density at radius 3 is 2.85 bits per heavy atom. The molecular formula is C16H28N2O2. The molecule has 20 heavy (non-hydrogen) atoms. The van der Waals surface area contributed by atoms with E-state index in [0.717, 1.165) is 26.1 Å². The Bertz CT molecular complexity index is 357. The van der Waals surface area contributed by atoms with E-state index in [9.17, 15) is 4.79 Å². The predicted molar refractivity (Wildman–Crippen MR) is 81.3 cm³/mol. The summed E-state index contributed by atoms with van der Waals surface area (Å²) >= 11 is 0. The molecular weight excluding hydrogens is 252 g/mol. The number of hydrogen-bond acceptors (Lipinski definition) is 3. The maximum Gasteiger partial charge on any atom is 0.222 e. The van der Waals surface area contributed by atoms with Crippen LogP contribution in [0, 0.1) is 23.7 Å². The Kier molecular flexibility index (Phi) is 7.64. The third kappa shape index (κ3) is 6.40. The number of ether oxygens (including phenoxy) is 1. The van der Waals surface area contributed by atoms with E-state index in [1.54, 1.807) is 0 Å². The molecule has 0 aromatic rings. The van der Waals surface area contributed by atoms with Crippen LogP contribution >= 0.6 is 0 Å². The molecule has 2 atom stereocenters. The molecule has 1 amide bonds. The molecule has 1 fully saturated rings. The molecule has 0 aromatic carbocycles. The number of hydrogen-bond donors (Lipinski definition) is 1. The molecule has 1 rings (SSSR count). The third-order valence-electron chi connectivity index (χ3n) is 3.51. The van der Waals surface area contributed by atoms with Crippen LogP contribution in [-0.4, -0.2) is 49.7 Å². The molecule has 0 bridgehead atoms. The van der Waals surface area contributed by atoms with Crippen molar-refractivity contribution < 1.29 is 9.53 Å². The highest BCUT2D eigenvalue weighted by Gasteiger charge is 2.20. The van der Waals surface area contributed by atoms with E-state index in [1.807, 2.05) is 13.8 Å². The highest BCUT2D eigenvalue weighted by Crippen LogP contribution is 2.04. The van der Waals surface area contributed by atoms with Gasteiger partial charge in [-0.15, -0.1) is 0 Å². The number of rotatable bonds is 5. The first kappa shape index (κ1) is 17.0. The summed E-state index contributed by atoms with van der Waals surface area (Å²) in [4.78, 5) is 13.8. The number of nitrogens with zero attached hydrogens (tertiary/aromatic N) is 1. The molecule has 1 heterocycles. The maximum absolute atomic E-state index is 11.5. The normalized spacial score (nSPS) is 21.1. The second kappa shape index (κ2) is 8.99. The van der Waals surface area contributed by atoms with Gasteiger partial charge in [0.25, 0.3) is 0 Å². The van der Waals surface area contributed by atoms with Gasteiger partial charge >= 0.3 is 0 Å². The smallest absolute Gasteiger partial charge is 0.222 e. The Hall–Kier alpha value is -1.05. The van der Waals surface area contributed by atoms with Crippen LogP contribution in [-0.2, 0) is 9.53 Å². The molecule has 114 valence electrons. The second-order valence-electron chi connectivity index (χ2n) is 5.76. The SMILES string of the molecule is CCC(C)C#CCN1CCO[C@H](CNC(=O)C(C)C)C1. The van der Waals surface area contributed by atoms with Crippen molar-refractivity contribution in [2.45, 2.75) is 40.2 Å². The van der Waals surface area contributed by atoms with Crippen molar-refractivity contribution in [3.05, 3.63) is 0 Å². The zero-order valence-corrected chi connectivity index (χ0v) is 13.2. The first-order valence-electron chi connectivity index (χ1n) is 7.63. The average molecular weight is 280 g/mol. The molecule has 0 aliphatic carbocycles. The second-order valence-corrected chi connectivity index (χ2v) is 5.76. The highest BCUT2D eigenvalue weighted by atomic mass is 16.5. The average Bonchev–Trinajstić information content (AvgIpc) is 2.44. The molecule has 4 heteroatoms. The fourth-order valence-electron chi connectivity index (χ4n) is 1.90.